The van der Waals surface area contributed by atoms with E-state index in [9.17, 15) is 8.42 Å². The van der Waals surface area contributed by atoms with Gasteiger partial charge in [-0.2, -0.15) is 4.31 Å². The molecule has 6 nitrogen and oxygen atoms in total. The molecule has 1 aliphatic rings. The van der Waals surface area contributed by atoms with Crippen molar-refractivity contribution in [1.82, 2.24) is 4.31 Å². The maximum Gasteiger partial charge on any atom is 0.247 e. The molecule has 1 aromatic carbocycles. The van der Waals surface area contributed by atoms with E-state index in [0.717, 1.165) is 5.56 Å². The van der Waals surface area contributed by atoms with Crippen molar-refractivity contribution in [2.45, 2.75) is 37.4 Å². The molecule has 0 spiro atoms. The van der Waals surface area contributed by atoms with Gasteiger partial charge in [0.05, 0.1) is 19.8 Å². The number of nitrogens with zero attached hydrogens (tertiary/aromatic N) is 1. The fourth-order valence-electron chi connectivity index (χ4n) is 2.38. The molecular formula is C14H22N2O4S. The first-order chi connectivity index (χ1) is 9.90. The Morgan fingerprint density at radius 2 is 2.14 bits per heavy atom. The van der Waals surface area contributed by atoms with E-state index in [1.165, 1.54) is 11.4 Å². The molecule has 0 radical (unpaired) electrons. The second kappa shape index (κ2) is 6.31. The molecule has 0 amide bonds. The molecule has 0 bridgehead atoms. The Morgan fingerprint density at radius 1 is 1.43 bits per heavy atom. The number of benzene rings is 1. The van der Waals surface area contributed by atoms with Gasteiger partial charge in [0, 0.05) is 19.1 Å². The summed E-state index contributed by atoms with van der Waals surface area (Å²) in [4.78, 5) is 0.161. The molecular weight excluding hydrogens is 292 g/mol. The third-order valence-electron chi connectivity index (χ3n) is 3.60. The summed E-state index contributed by atoms with van der Waals surface area (Å²) in [5.41, 5.74) is 6.37. The Bertz CT molecular complexity index is 603. The number of methoxy groups -OCH3 is 1. The predicted octanol–water partition coefficient (Wildman–Crippen LogP) is 0.952. The van der Waals surface area contributed by atoms with Gasteiger partial charge in [0.1, 0.15) is 10.6 Å². The first-order valence-corrected chi connectivity index (χ1v) is 8.34. The Hall–Kier alpha value is -1.15. The molecule has 1 aromatic rings. The molecule has 118 valence electrons. The summed E-state index contributed by atoms with van der Waals surface area (Å²) in [5, 5.41) is 0. The third-order valence-corrected chi connectivity index (χ3v) is 5.60. The lowest BCUT2D eigenvalue weighted by Gasteiger charge is -2.36. The number of hydrogen-bond donors (Lipinski definition) is 1. The molecule has 2 unspecified atom stereocenters. The maximum absolute atomic E-state index is 12.9. The van der Waals surface area contributed by atoms with E-state index in [0.29, 0.717) is 18.9 Å². The van der Waals surface area contributed by atoms with Gasteiger partial charge in [-0.15, -0.1) is 0 Å². The highest BCUT2D eigenvalue weighted by atomic mass is 32.2. The van der Waals surface area contributed by atoms with Crippen molar-refractivity contribution < 1.29 is 17.9 Å². The van der Waals surface area contributed by atoms with Gasteiger partial charge in [-0.05, 0) is 31.5 Å². The Morgan fingerprint density at radius 3 is 2.76 bits per heavy atom. The van der Waals surface area contributed by atoms with Crippen molar-refractivity contribution in [3.63, 3.8) is 0 Å². The number of morpholine rings is 1. The topological polar surface area (TPSA) is 81.9 Å². The quantitative estimate of drug-likeness (QED) is 0.895. The minimum Gasteiger partial charge on any atom is -0.495 e. The first kappa shape index (κ1) is 16.2. The molecule has 2 rings (SSSR count). The van der Waals surface area contributed by atoms with E-state index < -0.39 is 10.0 Å². The summed E-state index contributed by atoms with van der Waals surface area (Å²) in [6, 6.07) is 4.78. The lowest BCUT2D eigenvalue weighted by molar-refractivity contribution is -0.0171. The molecule has 21 heavy (non-hydrogen) atoms. The van der Waals surface area contributed by atoms with Crippen molar-refractivity contribution in [2.75, 3.05) is 20.3 Å². The minimum atomic E-state index is -3.65. The molecule has 2 N–H and O–H groups in total. The Labute approximate surface area is 125 Å². The van der Waals surface area contributed by atoms with Gasteiger partial charge >= 0.3 is 0 Å². The van der Waals surface area contributed by atoms with Gasteiger partial charge in [0.25, 0.3) is 0 Å². The van der Waals surface area contributed by atoms with Crippen LogP contribution >= 0.6 is 0 Å². The van der Waals surface area contributed by atoms with Crippen LogP contribution in [0.15, 0.2) is 23.1 Å². The Kier molecular flexibility index (Phi) is 4.88. The molecule has 0 aromatic heterocycles. The van der Waals surface area contributed by atoms with Crippen LogP contribution in [-0.4, -0.2) is 45.1 Å². The van der Waals surface area contributed by atoms with Crippen LogP contribution in [0.3, 0.4) is 0 Å². The summed E-state index contributed by atoms with van der Waals surface area (Å²) < 4.78 is 38.1. The highest BCUT2D eigenvalue weighted by Crippen LogP contribution is 2.30. The highest BCUT2D eigenvalue weighted by Gasteiger charge is 2.35. The van der Waals surface area contributed by atoms with Gasteiger partial charge in [-0.1, -0.05) is 6.07 Å². The zero-order valence-corrected chi connectivity index (χ0v) is 13.4. The minimum absolute atomic E-state index is 0.125. The number of hydrogen-bond acceptors (Lipinski definition) is 5. The van der Waals surface area contributed by atoms with Crippen molar-refractivity contribution in [1.29, 1.82) is 0 Å². The van der Waals surface area contributed by atoms with E-state index in [1.54, 1.807) is 18.2 Å². The van der Waals surface area contributed by atoms with Crippen LogP contribution < -0.4 is 10.5 Å². The third kappa shape index (κ3) is 3.21. The fourth-order valence-corrected chi connectivity index (χ4v) is 4.28. The van der Waals surface area contributed by atoms with Crippen LogP contribution in [-0.2, 0) is 21.3 Å². The summed E-state index contributed by atoms with van der Waals surface area (Å²) in [6.45, 7) is 4.70. The fraction of sp³-hybridized carbons (Fsp3) is 0.571. The van der Waals surface area contributed by atoms with Crippen molar-refractivity contribution >= 4 is 10.0 Å². The van der Waals surface area contributed by atoms with Crippen LogP contribution in [0.1, 0.15) is 19.4 Å². The van der Waals surface area contributed by atoms with E-state index in [4.69, 9.17) is 15.2 Å². The zero-order valence-electron chi connectivity index (χ0n) is 12.6. The SMILES string of the molecule is COc1ccc(CN)cc1S(=O)(=O)N1CC(C)OCC1C. The van der Waals surface area contributed by atoms with Crippen LogP contribution in [0.2, 0.25) is 0 Å². The molecule has 2 atom stereocenters. The van der Waals surface area contributed by atoms with Crippen LogP contribution in [0, 0.1) is 0 Å². The predicted molar refractivity (Wildman–Crippen MR) is 79.7 cm³/mol. The normalized spacial score (nSPS) is 24.0. The molecule has 1 aliphatic heterocycles. The largest absolute Gasteiger partial charge is 0.495 e. The summed E-state index contributed by atoms with van der Waals surface area (Å²) in [7, 11) is -2.19. The second-order valence-electron chi connectivity index (χ2n) is 5.26. The van der Waals surface area contributed by atoms with E-state index in [1.807, 2.05) is 13.8 Å². The van der Waals surface area contributed by atoms with Gasteiger partial charge in [0.15, 0.2) is 0 Å². The monoisotopic (exact) mass is 314 g/mol. The highest BCUT2D eigenvalue weighted by molar-refractivity contribution is 7.89. The van der Waals surface area contributed by atoms with Gasteiger partial charge in [-0.3, -0.25) is 0 Å². The number of sulfonamides is 1. The lowest BCUT2D eigenvalue weighted by atomic mass is 10.2. The smallest absolute Gasteiger partial charge is 0.247 e. The average Bonchev–Trinajstić information content (AvgIpc) is 2.48. The molecule has 1 saturated heterocycles. The summed E-state index contributed by atoms with van der Waals surface area (Å²) in [5.74, 6) is 0.332. The summed E-state index contributed by atoms with van der Waals surface area (Å²) in [6.07, 6.45) is -0.125. The molecule has 1 heterocycles. The van der Waals surface area contributed by atoms with E-state index in [-0.39, 0.29) is 23.6 Å². The molecule has 1 fully saturated rings. The summed E-state index contributed by atoms with van der Waals surface area (Å²) >= 11 is 0. The lowest BCUT2D eigenvalue weighted by Crippen LogP contribution is -2.50. The molecule has 0 saturated carbocycles. The standard InChI is InChI=1S/C14H22N2O4S/c1-10-9-20-11(2)8-16(10)21(17,18)14-6-12(7-15)4-5-13(14)19-3/h4-6,10-11H,7-9,15H2,1-3H3. The average molecular weight is 314 g/mol. The van der Waals surface area contributed by atoms with Crippen molar-refractivity contribution in [3.8, 4) is 5.75 Å². The first-order valence-electron chi connectivity index (χ1n) is 6.90. The van der Waals surface area contributed by atoms with Crippen molar-refractivity contribution in [3.05, 3.63) is 23.8 Å². The molecule has 7 heteroatoms. The van der Waals surface area contributed by atoms with Crippen LogP contribution in [0.25, 0.3) is 0 Å². The molecule has 0 aliphatic carbocycles. The van der Waals surface area contributed by atoms with E-state index in [2.05, 4.69) is 0 Å². The maximum atomic E-state index is 12.9. The zero-order chi connectivity index (χ0) is 15.6. The van der Waals surface area contributed by atoms with Gasteiger partial charge < -0.3 is 15.2 Å². The van der Waals surface area contributed by atoms with E-state index >= 15 is 0 Å². The Balaban J connectivity index is 2.47. The van der Waals surface area contributed by atoms with Gasteiger partial charge in [0.2, 0.25) is 10.0 Å². The number of ether oxygens (including phenoxy) is 2. The number of nitrogens with two attached hydrogens (primary N) is 1. The van der Waals surface area contributed by atoms with Crippen molar-refractivity contribution in [2.24, 2.45) is 5.73 Å². The second-order valence-corrected chi connectivity index (χ2v) is 7.12. The van der Waals surface area contributed by atoms with Crippen LogP contribution in [0.5, 0.6) is 5.75 Å². The number of rotatable bonds is 4. The van der Waals surface area contributed by atoms with Crippen LogP contribution in [0.4, 0.5) is 0 Å². The van der Waals surface area contributed by atoms with Gasteiger partial charge in [-0.25, -0.2) is 8.42 Å².